The first-order valence-electron chi connectivity index (χ1n) is 7.81. The van der Waals surface area contributed by atoms with Crippen LogP contribution in [0.3, 0.4) is 0 Å². The summed E-state index contributed by atoms with van der Waals surface area (Å²) in [5, 5.41) is 14.3. The molecule has 0 spiro atoms. The van der Waals surface area contributed by atoms with Gasteiger partial charge in [-0.2, -0.15) is 0 Å². The largest absolute Gasteiger partial charge is 0.480 e. The van der Waals surface area contributed by atoms with Crippen molar-refractivity contribution in [3.05, 3.63) is 29.8 Å². The van der Waals surface area contributed by atoms with Gasteiger partial charge in [0.15, 0.2) is 0 Å². The molecule has 0 fully saturated rings. The second-order valence-corrected chi connectivity index (χ2v) is 5.53. The Kier molecular flexibility index (Phi) is 7.58. The molecule has 1 aromatic rings. The molecule has 2 atom stereocenters. The number of hydrogen-bond donors (Lipinski definition) is 3. The molecule has 136 valence electrons. The van der Waals surface area contributed by atoms with Crippen LogP contribution in [0.2, 0.25) is 0 Å². The van der Waals surface area contributed by atoms with Crippen molar-refractivity contribution in [3.8, 4) is 0 Å². The lowest BCUT2D eigenvalue weighted by Gasteiger charge is -2.20. The van der Waals surface area contributed by atoms with Crippen LogP contribution < -0.4 is 10.6 Å². The maximum absolute atomic E-state index is 12.2. The highest BCUT2D eigenvalue weighted by molar-refractivity contribution is 5.97. The molecule has 8 nitrogen and oxygen atoms in total. The molecule has 0 aliphatic carbocycles. The highest BCUT2D eigenvalue weighted by Gasteiger charge is 2.29. The van der Waals surface area contributed by atoms with Crippen molar-refractivity contribution in [2.75, 3.05) is 11.9 Å². The lowest BCUT2D eigenvalue weighted by atomic mass is 9.98. The molecule has 8 heteroatoms. The fourth-order valence-electron chi connectivity index (χ4n) is 2.18. The average Bonchev–Trinajstić information content (AvgIpc) is 2.52. The Hall–Kier alpha value is -2.90. The topological polar surface area (TPSA) is 122 Å². The number of anilines is 1. The Balaban J connectivity index is 2.77. The maximum atomic E-state index is 12.2. The van der Waals surface area contributed by atoms with Gasteiger partial charge in [-0.05, 0) is 37.1 Å². The summed E-state index contributed by atoms with van der Waals surface area (Å²) >= 11 is 0. The molecule has 0 radical (unpaired) electrons. The number of aliphatic carboxylic acids is 1. The summed E-state index contributed by atoms with van der Waals surface area (Å²) in [5.41, 5.74) is 0.762. The molecule has 0 saturated carbocycles. The van der Waals surface area contributed by atoms with Gasteiger partial charge in [-0.25, -0.2) is 4.79 Å². The van der Waals surface area contributed by atoms with Crippen molar-refractivity contribution < 1.29 is 29.0 Å². The summed E-state index contributed by atoms with van der Waals surface area (Å²) in [6.45, 7) is 4.78. The molecule has 1 aromatic carbocycles. The smallest absolute Gasteiger partial charge is 0.326 e. The van der Waals surface area contributed by atoms with E-state index in [1.165, 1.54) is 31.2 Å². The number of carboxylic acids is 1. The fourth-order valence-corrected chi connectivity index (χ4v) is 2.18. The molecular weight excluding hydrogens is 328 g/mol. The summed E-state index contributed by atoms with van der Waals surface area (Å²) in [5.74, 6) is -3.22. The van der Waals surface area contributed by atoms with E-state index in [1.54, 1.807) is 13.8 Å². The third kappa shape index (κ3) is 6.62. The molecular formula is C17H22N2O6. The van der Waals surface area contributed by atoms with Gasteiger partial charge in [0.25, 0.3) is 5.91 Å². The van der Waals surface area contributed by atoms with Crippen LogP contribution in [0.4, 0.5) is 5.69 Å². The zero-order chi connectivity index (χ0) is 19.0. The van der Waals surface area contributed by atoms with E-state index >= 15 is 0 Å². The van der Waals surface area contributed by atoms with Crippen LogP contribution in [0, 0.1) is 5.92 Å². The van der Waals surface area contributed by atoms with Gasteiger partial charge in [-0.1, -0.05) is 6.92 Å². The van der Waals surface area contributed by atoms with Crippen LogP contribution in [0.15, 0.2) is 24.3 Å². The molecule has 0 unspecified atom stereocenters. The van der Waals surface area contributed by atoms with Crippen molar-refractivity contribution in [1.82, 2.24) is 5.32 Å². The summed E-state index contributed by atoms with van der Waals surface area (Å²) < 4.78 is 4.80. The Morgan fingerprint density at radius 2 is 1.76 bits per heavy atom. The zero-order valence-corrected chi connectivity index (χ0v) is 14.4. The van der Waals surface area contributed by atoms with Crippen molar-refractivity contribution in [1.29, 1.82) is 0 Å². The number of nitrogens with one attached hydrogen (secondary N) is 2. The molecule has 3 N–H and O–H groups in total. The number of benzene rings is 1. The van der Waals surface area contributed by atoms with Crippen LogP contribution in [0.25, 0.3) is 0 Å². The molecule has 0 bridgehead atoms. The van der Waals surface area contributed by atoms with E-state index < -0.39 is 29.8 Å². The highest BCUT2D eigenvalue weighted by atomic mass is 16.5. The molecule has 1 rings (SSSR count). The Morgan fingerprint density at radius 1 is 1.16 bits per heavy atom. The van der Waals surface area contributed by atoms with Gasteiger partial charge >= 0.3 is 11.9 Å². The highest BCUT2D eigenvalue weighted by Crippen LogP contribution is 2.13. The monoisotopic (exact) mass is 350 g/mol. The minimum Gasteiger partial charge on any atom is -0.480 e. The van der Waals surface area contributed by atoms with Gasteiger partial charge in [0, 0.05) is 18.2 Å². The maximum Gasteiger partial charge on any atom is 0.326 e. The lowest BCUT2D eigenvalue weighted by Crippen LogP contribution is -2.45. The van der Waals surface area contributed by atoms with Crippen molar-refractivity contribution in [3.63, 3.8) is 0 Å². The molecule has 2 amide bonds. The number of carbonyl (C=O) groups excluding carboxylic acids is 3. The van der Waals surface area contributed by atoms with E-state index in [4.69, 9.17) is 4.74 Å². The van der Waals surface area contributed by atoms with E-state index in [0.717, 1.165) is 0 Å². The van der Waals surface area contributed by atoms with Crippen LogP contribution in [-0.2, 0) is 19.1 Å². The summed E-state index contributed by atoms with van der Waals surface area (Å²) in [6, 6.07) is 4.78. The van der Waals surface area contributed by atoms with E-state index in [9.17, 15) is 24.3 Å². The first-order chi connectivity index (χ1) is 11.7. The van der Waals surface area contributed by atoms with Crippen LogP contribution in [0.1, 0.15) is 37.6 Å². The second kappa shape index (κ2) is 9.41. The number of rotatable bonds is 8. The number of hydrogen-bond acceptors (Lipinski definition) is 5. The molecule has 0 aromatic heterocycles. The van der Waals surface area contributed by atoms with Crippen molar-refractivity contribution in [2.45, 2.75) is 33.2 Å². The van der Waals surface area contributed by atoms with Crippen molar-refractivity contribution >= 4 is 29.4 Å². The summed E-state index contributed by atoms with van der Waals surface area (Å²) in [4.78, 5) is 46.1. The average molecular weight is 350 g/mol. The number of amides is 2. The second-order valence-electron chi connectivity index (χ2n) is 5.53. The minimum absolute atomic E-state index is 0.118. The molecule has 0 heterocycles. The van der Waals surface area contributed by atoms with Gasteiger partial charge in [0.1, 0.15) is 6.04 Å². The number of esters is 1. The Labute approximate surface area is 145 Å². The molecule has 25 heavy (non-hydrogen) atoms. The van der Waals surface area contributed by atoms with Crippen LogP contribution in [0.5, 0.6) is 0 Å². The van der Waals surface area contributed by atoms with Gasteiger partial charge < -0.3 is 20.5 Å². The predicted molar refractivity (Wildman–Crippen MR) is 90.0 cm³/mol. The first kappa shape index (κ1) is 20.1. The Bertz CT molecular complexity index is 641. The summed E-state index contributed by atoms with van der Waals surface area (Å²) in [6.07, 6.45) is -0.118. The minimum atomic E-state index is -1.24. The standard InChI is InChI=1S/C17H22N2O6/c1-4-25-14(21)9-10(2)15(17(23)24)19-16(22)12-5-7-13(8-6-12)18-11(3)20/h5-8,10,15H,4,9H2,1-3H3,(H,18,20)(H,19,22)(H,23,24)/t10-,15-/m1/s1. The van der Waals surface area contributed by atoms with E-state index in [2.05, 4.69) is 10.6 Å². The third-order valence-electron chi connectivity index (χ3n) is 3.38. The fraction of sp³-hybridized carbons (Fsp3) is 0.412. The number of carboxylic acid groups (broad SMARTS) is 1. The molecule has 0 aliphatic heterocycles. The summed E-state index contributed by atoms with van der Waals surface area (Å²) in [7, 11) is 0. The van der Waals surface area contributed by atoms with E-state index in [0.29, 0.717) is 5.69 Å². The van der Waals surface area contributed by atoms with Crippen molar-refractivity contribution in [2.24, 2.45) is 5.92 Å². The van der Waals surface area contributed by atoms with Gasteiger partial charge in [0.05, 0.1) is 13.0 Å². The van der Waals surface area contributed by atoms with Gasteiger partial charge in [-0.15, -0.1) is 0 Å². The van der Waals surface area contributed by atoms with Gasteiger partial charge in [-0.3, -0.25) is 14.4 Å². The normalized spacial score (nSPS) is 12.6. The predicted octanol–water partition coefficient (Wildman–Crippen LogP) is 1.42. The van der Waals surface area contributed by atoms with E-state index in [1.807, 2.05) is 0 Å². The van der Waals surface area contributed by atoms with Crippen LogP contribution in [-0.4, -0.2) is 41.5 Å². The number of carbonyl (C=O) groups is 4. The molecule has 0 aliphatic rings. The van der Waals surface area contributed by atoms with Crippen LogP contribution >= 0.6 is 0 Å². The number of ether oxygens (including phenoxy) is 1. The Morgan fingerprint density at radius 3 is 2.24 bits per heavy atom. The third-order valence-corrected chi connectivity index (χ3v) is 3.38. The SMILES string of the molecule is CCOC(=O)C[C@@H](C)[C@@H](NC(=O)c1ccc(NC(C)=O)cc1)C(=O)O. The zero-order valence-electron chi connectivity index (χ0n) is 14.4. The quantitative estimate of drug-likeness (QED) is 0.610. The van der Waals surface area contributed by atoms with E-state index in [-0.39, 0.29) is 24.5 Å². The lowest BCUT2D eigenvalue weighted by molar-refractivity contribution is -0.146. The molecule has 0 saturated heterocycles. The van der Waals surface area contributed by atoms with Gasteiger partial charge in [0.2, 0.25) is 5.91 Å². The first-order valence-corrected chi connectivity index (χ1v) is 7.81.